The van der Waals surface area contributed by atoms with E-state index in [0.29, 0.717) is 11.1 Å². The van der Waals surface area contributed by atoms with Crippen molar-refractivity contribution >= 4 is 5.71 Å². The molecule has 1 aromatic rings. The topological polar surface area (TPSA) is 37.0 Å². The van der Waals surface area contributed by atoms with Crippen LogP contribution >= 0.6 is 0 Å². The van der Waals surface area contributed by atoms with Crippen LogP contribution in [0.4, 0.5) is 4.39 Å². The van der Waals surface area contributed by atoms with Gasteiger partial charge in [0.25, 0.3) is 0 Å². The zero-order valence-corrected chi connectivity index (χ0v) is 15.7. The number of nitrogens with zero attached hydrogens (tertiary/aromatic N) is 1. The minimum absolute atomic E-state index is 0. The van der Waals surface area contributed by atoms with Crippen molar-refractivity contribution in [3.8, 4) is 0 Å². The monoisotopic (exact) mass is 368 g/mol. The van der Waals surface area contributed by atoms with Gasteiger partial charge < -0.3 is 22.5 Å². The number of rotatable bonds is 5. The molecule has 2 aliphatic rings. The Morgan fingerprint density at radius 2 is 1.68 bits per heavy atom. The minimum Gasteiger partial charge on any atom is -1.00 e. The van der Waals surface area contributed by atoms with Gasteiger partial charge in [-0.2, -0.15) is 0 Å². The second-order valence-corrected chi connectivity index (χ2v) is 7.72. The molecule has 1 aromatic carbocycles. The number of hydrogen-bond donors (Lipinski definition) is 2. The lowest BCUT2D eigenvalue weighted by Crippen LogP contribution is -3.13. The predicted molar refractivity (Wildman–Crippen MR) is 94.3 cm³/mol. The third kappa shape index (κ3) is 5.42. The fourth-order valence-electron chi connectivity index (χ4n) is 4.59. The van der Waals surface area contributed by atoms with Crippen LogP contribution in [0.2, 0.25) is 0 Å². The van der Waals surface area contributed by atoms with Crippen molar-refractivity contribution in [2.75, 3.05) is 19.6 Å². The molecule has 0 unspecified atom stereocenters. The van der Waals surface area contributed by atoms with E-state index in [1.807, 2.05) is 0 Å². The van der Waals surface area contributed by atoms with Gasteiger partial charge in [-0.3, -0.25) is 0 Å². The Labute approximate surface area is 156 Å². The lowest BCUT2D eigenvalue weighted by atomic mass is 9.68. The lowest BCUT2D eigenvalue weighted by Gasteiger charge is -2.42. The van der Waals surface area contributed by atoms with Crippen LogP contribution in [-0.4, -0.2) is 30.6 Å². The highest BCUT2D eigenvalue weighted by atomic mass is 35.5. The zero-order valence-electron chi connectivity index (χ0n) is 14.9. The van der Waals surface area contributed by atoms with Crippen LogP contribution in [0.25, 0.3) is 0 Å². The van der Waals surface area contributed by atoms with Crippen molar-refractivity contribution < 1.29 is 26.9 Å². The standard InChI is InChI=1S/C20H29FN2O.ClH/c21-18-8-6-17(7-9-18)19(22-24)5-4-14-23-15-12-20(13-16-23)10-2-1-3-11-20;/h6-9,24H,1-5,10-16H2;1H/b22-19-;. The number of benzene rings is 1. The van der Waals surface area contributed by atoms with E-state index in [2.05, 4.69) is 5.16 Å². The maximum atomic E-state index is 13.0. The number of nitrogens with one attached hydrogen (secondary N) is 1. The van der Waals surface area contributed by atoms with Crippen LogP contribution in [0, 0.1) is 11.2 Å². The number of likely N-dealkylation sites (tertiary alicyclic amines) is 1. The summed E-state index contributed by atoms with van der Waals surface area (Å²) in [5.41, 5.74) is 2.15. The Hall–Kier alpha value is -1.13. The van der Waals surface area contributed by atoms with Gasteiger partial charge in [-0.25, -0.2) is 4.39 Å². The summed E-state index contributed by atoms with van der Waals surface area (Å²) >= 11 is 0. The molecule has 0 amide bonds. The Kier molecular flexibility index (Phi) is 7.70. The molecule has 3 nitrogen and oxygen atoms in total. The van der Waals surface area contributed by atoms with Crippen LogP contribution < -0.4 is 17.3 Å². The number of oxime groups is 1. The lowest BCUT2D eigenvalue weighted by molar-refractivity contribution is -0.907. The molecule has 1 heterocycles. The van der Waals surface area contributed by atoms with Crippen molar-refractivity contribution in [3.63, 3.8) is 0 Å². The highest BCUT2D eigenvalue weighted by Crippen LogP contribution is 2.42. The third-order valence-corrected chi connectivity index (χ3v) is 6.17. The third-order valence-electron chi connectivity index (χ3n) is 6.17. The van der Waals surface area contributed by atoms with Gasteiger partial charge in [0.1, 0.15) is 5.82 Å². The van der Waals surface area contributed by atoms with Crippen molar-refractivity contribution in [1.29, 1.82) is 0 Å². The molecule has 1 saturated heterocycles. The first-order valence-corrected chi connectivity index (χ1v) is 9.51. The van der Waals surface area contributed by atoms with Gasteiger partial charge in [0.05, 0.1) is 25.3 Å². The van der Waals surface area contributed by atoms with Crippen LogP contribution in [0.15, 0.2) is 29.4 Å². The molecule has 0 aromatic heterocycles. The molecule has 25 heavy (non-hydrogen) atoms. The number of quaternary nitrogens is 1. The van der Waals surface area contributed by atoms with E-state index < -0.39 is 0 Å². The average Bonchev–Trinajstić information content (AvgIpc) is 2.62. The van der Waals surface area contributed by atoms with E-state index in [0.717, 1.165) is 24.9 Å². The van der Waals surface area contributed by atoms with Gasteiger partial charge in [0.15, 0.2) is 0 Å². The normalized spacial score (nSPS) is 21.1. The predicted octanol–water partition coefficient (Wildman–Crippen LogP) is 0.417. The van der Waals surface area contributed by atoms with Crippen molar-refractivity contribution in [3.05, 3.63) is 35.6 Å². The van der Waals surface area contributed by atoms with Gasteiger partial charge in [-0.15, -0.1) is 0 Å². The molecular weight excluding hydrogens is 339 g/mol. The van der Waals surface area contributed by atoms with Crippen LogP contribution in [0.1, 0.15) is 63.4 Å². The van der Waals surface area contributed by atoms with Gasteiger partial charge in [-0.1, -0.05) is 36.6 Å². The molecule has 0 atom stereocenters. The van der Waals surface area contributed by atoms with E-state index in [4.69, 9.17) is 0 Å². The van der Waals surface area contributed by atoms with Gasteiger partial charge in [0, 0.05) is 19.3 Å². The Balaban J connectivity index is 0.00000225. The Morgan fingerprint density at radius 1 is 1.04 bits per heavy atom. The summed E-state index contributed by atoms with van der Waals surface area (Å²) in [5.74, 6) is -0.259. The summed E-state index contributed by atoms with van der Waals surface area (Å²) < 4.78 is 13.0. The maximum absolute atomic E-state index is 13.0. The summed E-state index contributed by atoms with van der Waals surface area (Å²) in [7, 11) is 0. The van der Waals surface area contributed by atoms with E-state index in [9.17, 15) is 9.60 Å². The van der Waals surface area contributed by atoms with E-state index >= 15 is 0 Å². The molecule has 2 fully saturated rings. The first-order chi connectivity index (χ1) is 11.7. The molecule has 140 valence electrons. The van der Waals surface area contributed by atoms with E-state index in [-0.39, 0.29) is 18.2 Å². The smallest absolute Gasteiger partial charge is 0.123 e. The van der Waals surface area contributed by atoms with Crippen molar-refractivity contribution in [2.24, 2.45) is 10.6 Å². The second-order valence-electron chi connectivity index (χ2n) is 7.72. The van der Waals surface area contributed by atoms with Crippen LogP contribution in [0.3, 0.4) is 0 Å². The largest absolute Gasteiger partial charge is 1.00 e. The maximum Gasteiger partial charge on any atom is 0.123 e. The van der Waals surface area contributed by atoms with Crippen molar-refractivity contribution in [2.45, 2.75) is 57.8 Å². The van der Waals surface area contributed by atoms with Gasteiger partial charge in [0.2, 0.25) is 0 Å². The molecule has 5 heteroatoms. The first-order valence-electron chi connectivity index (χ1n) is 9.51. The summed E-state index contributed by atoms with van der Waals surface area (Å²) in [6.45, 7) is 3.72. The molecule has 1 aliphatic heterocycles. The average molecular weight is 369 g/mol. The fourth-order valence-corrected chi connectivity index (χ4v) is 4.59. The highest BCUT2D eigenvalue weighted by Gasteiger charge is 2.37. The van der Waals surface area contributed by atoms with Crippen LogP contribution in [-0.2, 0) is 0 Å². The minimum atomic E-state index is -0.259. The van der Waals surface area contributed by atoms with E-state index in [1.54, 1.807) is 17.0 Å². The van der Waals surface area contributed by atoms with E-state index in [1.165, 1.54) is 70.2 Å². The quantitative estimate of drug-likeness (QED) is 0.441. The van der Waals surface area contributed by atoms with Crippen LogP contribution in [0.5, 0.6) is 0 Å². The summed E-state index contributed by atoms with van der Waals surface area (Å²) in [6.07, 6.45) is 11.7. The fraction of sp³-hybridized carbons (Fsp3) is 0.650. The number of hydrogen-bond acceptors (Lipinski definition) is 2. The molecule has 3 rings (SSSR count). The van der Waals surface area contributed by atoms with Gasteiger partial charge in [-0.05, 0) is 42.4 Å². The summed E-state index contributed by atoms with van der Waals surface area (Å²) in [4.78, 5) is 1.70. The first kappa shape index (κ1) is 20.2. The summed E-state index contributed by atoms with van der Waals surface area (Å²) in [5, 5.41) is 12.7. The van der Waals surface area contributed by atoms with Gasteiger partial charge >= 0.3 is 0 Å². The number of piperidine rings is 1. The Bertz CT molecular complexity index is 545. The zero-order chi connectivity index (χ0) is 16.8. The second kappa shape index (κ2) is 9.54. The SMILES string of the molecule is O/N=C(/CCC[NH+]1CCC2(CCCCC2)CC1)c1ccc(F)cc1.[Cl-]. The summed E-state index contributed by atoms with van der Waals surface area (Å²) in [6, 6.07) is 6.20. The molecule has 1 aliphatic carbocycles. The molecule has 2 N–H and O–H groups in total. The Morgan fingerprint density at radius 3 is 2.28 bits per heavy atom. The molecule has 1 saturated carbocycles. The van der Waals surface area contributed by atoms with Crippen molar-refractivity contribution in [1.82, 2.24) is 0 Å². The highest BCUT2D eigenvalue weighted by molar-refractivity contribution is 6.00. The molecule has 0 radical (unpaired) electrons. The molecule has 1 spiro atoms. The molecule has 0 bridgehead atoms. The molecular formula is C20H30ClFN2O. The number of halogens is 2.